The highest BCUT2D eigenvalue weighted by molar-refractivity contribution is 5.06. The maximum Gasteiger partial charge on any atom is 0.253 e. The van der Waals surface area contributed by atoms with E-state index in [0.717, 1.165) is 50.7 Å². The van der Waals surface area contributed by atoms with Crippen molar-refractivity contribution in [3.05, 3.63) is 27.9 Å². The van der Waals surface area contributed by atoms with E-state index in [0.29, 0.717) is 6.54 Å². The molecule has 1 aromatic rings. The van der Waals surface area contributed by atoms with E-state index in [1.165, 1.54) is 12.8 Å². The summed E-state index contributed by atoms with van der Waals surface area (Å²) in [5.74, 6) is 0.897. The SMILES string of the molecule is O=c1cc(CN2CCCC2)nc2n1CCCNC2. The zero-order valence-electron chi connectivity index (χ0n) is 10.7. The van der Waals surface area contributed by atoms with Gasteiger partial charge in [-0.05, 0) is 38.9 Å². The molecule has 0 atom stereocenters. The molecule has 1 saturated heterocycles. The zero-order valence-corrected chi connectivity index (χ0v) is 10.7. The molecule has 0 aromatic carbocycles. The number of likely N-dealkylation sites (tertiary alicyclic amines) is 1. The van der Waals surface area contributed by atoms with E-state index < -0.39 is 0 Å². The largest absolute Gasteiger partial charge is 0.310 e. The maximum atomic E-state index is 12.1. The predicted molar refractivity (Wildman–Crippen MR) is 69.3 cm³/mol. The van der Waals surface area contributed by atoms with Crippen molar-refractivity contribution in [3.63, 3.8) is 0 Å². The van der Waals surface area contributed by atoms with E-state index in [4.69, 9.17) is 0 Å². The highest BCUT2D eigenvalue weighted by atomic mass is 16.1. The monoisotopic (exact) mass is 248 g/mol. The molecule has 0 spiro atoms. The Morgan fingerprint density at radius 3 is 2.89 bits per heavy atom. The maximum absolute atomic E-state index is 12.1. The van der Waals surface area contributed by atoms with Crippen molar-refractivity contribution in [2.24, 2.45) is 0 Å². The van der Waals surface area contributed by atoms with Crippen LogP contribution in [0.1, 0.15) is 30.8 Å². The van der Waals surface area contributed by atoms with Crippen LogP contribution in [-0.4, -0.2) is 34.1 Å². The van der Waals surface area contributed by atoms with Gasteiger partial charge < -0.3 is 5.32 Å². The number of hydrogen-bond acceptors (Lipinski definition) is 4. The van der Waals surface area contributed by atoms with Crippen LogP contribution in [0.3, 0.4) is 0 Å². The number of rotatable bonds is 2. The van der Waals surface area contributed by atoms with E-state index in [-0.39, 0.29) is 5.56 Å². The Labute approximate surface area is 107 Å². The lowest BCUT2D eigenvalue weighted by Gasteiger charge is -2.15. The normalized spacial score (nSPS) is 20.7. The van der Waals surface area contributed by atoms with Crippen LogP contribution in [0.4, 0.5) is 0 Å². The molecule has 1 N–H and O–H groups in total. The third kappa shape index (κ3) is 2.47. The average molecular weight is 248 g/mol. The molecular weight excluding hydrogens is 228 g/mol. The molecule has 1 fully saturated rings. The molecule has 0 unspecified atom stereocenters. The van der Waals surface area contributed by atoms with Gasteiger partial charge in [0.1, 0.15) is 5.82 Å². The molecule has 98 valence electrons. The van der Waals surface area contributed by atoms with Crippen molar-refractivity contribution in [1.29, 1.82) is 0 Å². The molecular formula is C13H20N4O. The van der Waals surface area contributed by atoms with Gasteiger partial charge in [-0.25, -0.2) is 4.98 Å². The average Bonchev–Trinajstić information content (AvgIpc) is 2.73. The first-order valence-electron chi connectivity index (χ1n) is 6.86. The van der Waals surface area contributed by atoms with Gasteiger partial charge in [-0.3, -0.25) is 14.3 Å². The summed E-state index contributed by atoms with van der Waals surface area (Å²) >= 11 is 0. The molecule has 5 nitrogen and oxygen atoms in total. The minimum absolute atomic E-state index is 0.109. The van der Waals surface area contributed by atoms with Crippen molar-refractivity contribution in [2.75, 3.05) is 19.6 Å². The third-order valence-corrected chi connectivity index (χ3v) is 3.74. The molecule has 3 heterocycles. The zero-order chi connectivity index (χ0) is 12.4. The van der Waals surface area contributed by atoms with Crippen LogP contribution < -0.4 is 10.9 Å². The minimum atomic E-state index is 0.109. The Kier molecular flexibility index (Phi) is 3.43. The van der Waals surface area contributed by atoms with Crippen molar-refractivity contribution in [2.45, 2.75) is 38.9 Å². The van der Waals surface area contributed by atoms with Gasteiger partial charge in [-0.1, -0.05) is 0 Å². The van der Waals surface area contributed by atoms with Crippen molar-refractivity contribution in [1.82, 2.24) is 19.8 Å². The Balaban J connectivity index is 1.85. The van der Waals surface area contributed by atoms with Crippen molar-refractivity contribution < 1.29 is 0 Å². The van der Waals surface area contributed by atoms with Crippen LogP contribution in [0.2, 0.25) is 0 Å². The summed E-state index contributed by atoms with van der Waals surface area (Å²) < 4.78 is 1.81. The minimum Gasteiger partial charge on any atom is -0.310 e. The van der Waals surface area contributed by atoms with Crippen LogP contribution in [0, 0.1) is 0 Å². The molecule has 0 aliphatic carbocycles. The Hall–Kier alpha value is -1.20. The predicted octanol–water partition coefficient (Wildman–Crippen LogP) is 0.332. The smallest absolute Gasteiger partial charge is 0.253 e. The number of fused-ring (bicyclic) bond motifs is 1. The van der Waals surface area contributed by atoms with E-state index in [1.807, 2.05) is 4.57 Å². The lowest BCUT2D eigenvalue weighted by atomic mass is 10.3. The van der Waals surface area contributed by atoms with Gasteiger partial charge in [0.25, 0.3) is 5.56 Å². The highest BCUT2D eigenvalue weighted by Crippen LogP contribution is 2.11. The lowest BCUT2D eigenvalue weighted by Crippen LogP contribution is -2.28. The summed E-state index contributed by atoms with van der Waals surface area (Å²) in [4.78, 5) is 19.1. The standard InChI is InChI=1S/C13H20N4O/c18-13-8-11(10-16-5-1-2-6-16)15-12-9-14-4-3-7-17(12)13/h8,14H,1-7,9-10H2. The molecule has 2 aliphatic rings. The Morgan fingerprint density at radius 1 is 1.22 bits per heavy atom. The highest BCUT2D eigenvalue weighted by Gasteiger charge is 2.15. The summed E-state index contributed by atoms with van der Waals surface area (Å²) in [5.41, 5.74) is 1.04. The van der Waals surface area contributed by atoms with E-state index in [2.05, 4.69) is 15.2 Å². The van der Waals surface area contributed by atoms with E-state index in [1.54, 1.807) is 6.07 Å². The number of aromatic nitrogens is 2. The quantitative estimate of drug-likeness (QED) is 0.819. The molecule has 0 bridgehead atoms. The van der Waals surface area contributed by atoms with Crippen LogP contribution >= 0.6 is 0 Å². The second-order valence-corrected chi connectivity index (χ2v) is 5.17. The summed E-state index contributed by atoms with van der Waals surface area (Å²) in [7, 11) is 0. The lowest BCUT2D eigenvalue weighted by molar-refractivity contribution is 0.325. The van der Waals surface area contributed by atoms with Crippen LogP contribution in [0.5, 0.6) is 0 Å². The van der Waals surface area contributed by atoms with Gasteiger partial charge in [-0.15, -0.1) is 0 Å². The number of nitrogens with one attached hydrogen (secondary N) is 1. The fourth-order valence-corrected chi connectivity index (χ4v) is 2.79. The molecule has 5 heteroatoms. The second-order valence-electron chi connectivity index (χ2n) is 5.17. The van der Waals surface area contributed by atoms with Crippen molar-refractivity contribution in [3.8, 4) is 0 Å². The van der Waals surface area contributed by atoms with E-state index in [9.17, 15) is 4.79 Å². The van der Waals surface area contributed by atoms with Gasteiger partial charge in [0.05, 0.1) is 12.2 Å². The van der Waals surface area contributed by atoms with Gasteiger partial charge in [0.2, 0.25) is 0 Å². The fourth-order valence-electron chi connectivity index (χ4n) is 2.79. The number of nitrogens with zero attached hydrogens (tertiary/aromatic N) is 3. The van der Waals surface area contributed by atoms with Crippen LogP contribution in [0.25, 0.3) is 0 Å². The summed E-state index contributed by atoms with van der Waals surface area (Å²) in [6, 6.07) is 1.72. The Morgan fingerprint density at radius 2 is 2.06 bits per heavy atom. The molecule has 1 aromatic heterocycles. The fraction of sp³-hybridized carbons (Fsp3) is 0.692. The topological polar surface area (TPSA) is 50.2 Å². The van der Waals surface area contributed by atoms with Gasteiger partial charge >= 0.3 is 0 Å². The number of hydrogen-bond donors (Lipinski definition) is 1. The molecule has 0 saturated carbocycles. The molecule has 0 radical (unpaired) electrons. The first kappa shape index (κ1) is 11.9. The molecule has 0 amide bonds. The van der Waals surface area contributed by atoms with Crippen LogP contribution in [-0.2, 0) is 19.6 Å². The molecule has 18 heavy (non-hydrogen) atoms. The Bertz CT molecular complexity index is 476. The molecule has 3 rings (SSSR count). The third-order valence-electron chi connectivity index (χ3n) is 3.74. The first-order valence-corrected chi connectivity index (χ1v) is 6.86. The summed E-state index contributed by atoms with van der Waals surface area (Å²) in [6.45, 7) is 5.56. The van der Waals surface area contributed by atoms with Crippen LogP contribution in [0.15, 0.2) is 10.9 Å². The van der Waals surface area contributed by atoms with Gasteiger partial charge in [-0.2, -0.15) is 0 Å². The van der Waals surface area contributed by atoms with E-state index >= 15 is 0 Å². The second kappa shape index (κ2) is 5.20. The first-order chi connectivity index (χ1) is 8.83. The van der Waals surface area contributed by atoms with Gasteiger partial charge in [0, 0.05) is 19.2 Å². The molecule has 2 aliphatic heterocycles. The van der Waals surface area contributed by atoms with Crippen molar-refractivity contribution >= 4 is 0 Å². The summed E-state index contributed by atoms with van der Waals surface area (Å²) in [6.07, 6.45) is 3.54. The van der Waals surface area contributed by atoms with Gasteiger partial charge in [0.15, 0.2) is 0 Å². The summed E-state index contributed by atoms with van der Waals surface area (Å²) in [5, 5.41) is 3.32.